The molecule has 4 aromatic rings. The highest BCUT2D eigenvalue weighted by Crippen LogP contribution is 2.25. The molecule has 5 heteroatoms. The summed E-state index contributed by atoms with van der Waals surface area (Å²) in [6.45, 7) is 0.493. The van der Waals surface area contributed by atoms with Gasteiger partial charge in [0.25, 0.3) is 11.8 Å². The molecule has 0 aromatic heterocycles. The fourth-order valence-electron chi connectivity index (χ4n) is 3.69. The Bertz CT molecular complexity index is 1330. The van der Waals surface area contributed by atoms with E-state index in [4.69, 9.17) is 11.6 Å². The first-order valence-electron chi connectivity index (χ1n) is 11.4. The Kier molecular flexibility index (Phi) is 8.10. The van der Waals surface area contributed by atoms with Crippen molar-refractivity contribution in [1.82, 2.24) is 5.32 Å². The summed E-state index contributed by atoms with van der Waals surface area (Å²) in [6.07, 6.45) is 2.48. The second kappa shape index (κ2) is 11.8. The van der Waals surface area contributed by atoms with Crippen LogP contribution in [-0.2, 0) is 11.2 Å². The summed E-state index contributed by atoms with van der Waals surface area (Å²) in [5, 5.41) is 6.42. The predicted octanol–water partition coefficient (Wildman–Crippen LogP) is 6.49. The van der Waals surface area contributed by atoms with Crippen molar-refractivity contribution < 1.29 is 9.59 Å². The number of para-hydroxylation sites is 1. The second-order valence-electron chi connectivity index (χ2n) is 7.94. The lowest BCUT2D eigenvalue weighted by molar-refractivity contribution is -0.111. The van der Waals surface area contributed by atoms with Crippen LogP contribution in [0.4, 0.5) is 5.69 Å². The van der Waals surface area contributed by atoms with Gasteiger partial charge in [-0.15, -0.1) is 0 Å². The minimum atomic E-state index is -0.333. The lowest BCUT2D eigenvalue weighted by atomic mass is 10.0. The molecule has 0 aliphatic rings. The van der Waals surface area contributed by atoms with Crippen LogP contribution in [0.1, 0.15) is 27.0 Å². The third-order valence-electron chi connectivity index (χ3n) is 5.50. The Balaban J connectivity index is 1.55. The molecule has 0 spiro atoms. The second-order valence-corrected chi connectivity index (χ2v) is 8.34. The van der Waals surface area contributed by atoms with Crippen molar-refractivity contribution in [3.8, 4) is 0 Å². The lowest BCUT2D eigenvalue weighted by Gasteiger charge is -2.14. The number of anilines is 1. The molecule has 174 valence electrons. The SMILES string of the molecule is O=C(Nc1ccccc1C(=O)NCCc1ccccc1)/C(=C/c1ccccc1Cl)c1ccccc1. The molecule has 35 heavy (non-hydrogen) atoms. The zero-order valence-corrected chi connectivity index (χ0v) is 19.8. The predicted molar refractivity (Wildman–Crippen MR) is 143 cm³/mol. The van der Waals surface area contributed by atoms with Crippen LogP contribution < -0.4 is 10.6 Å². The molecule has 4 nitrogen and oxygen atoms in total. The summed E-state index contributed by atoms with van der Waals surface area (Å²) in [7, 11) is 0. The van der Waals surface area contributed by atoms with E-state index < -0.39 is 0 Å². The van der Waals surface area contributed by atoms with Crippen LogP contribution in [0.15, 0.2) is 109 Å². The highest BCUT2D eigenvalue weighted by atomic mass is 35.5. The van der Waals surface area contributed by atoms with E-state index in [-0.39, 0.29) is 11.8 Å². The smallest absolute Gasteiger partial charge is 0.256 e. The van der Waals surface area contributed by atoms with Gasteiger partial charge in [-0.25, -0.2) is 0 Å². The van der Waals surface area contributed by atoms with E-state index in [1.165, 1.54) is 0 Å². The third-order valence-corrected chi connectivity index (χ3v) is 5.84. The summed E-state index contributed by atoms with van der Waals surface area (Å²) in [4.78, 5) is 26.4. The monoisotopic (exact) mass is 480 g/mol. The Labute approximate surface area is 210 Å². The van der Waals surface area contributed by atoms with E-state index in [9.17, 15) is 9.59 Å². The maximum Gasteiger partial charge on any atom is 0.256 e. The largest absolute Gasteiger partial charge is 0.352 e. The molecule has 4 rings (SSSR count). The molecule has 0 saturated heterocycles. The van der Waals surface area contributed by atoms with Gasteiger partial charge in [-0.2, -0.15) is 0 Å². The van der Waals surface area contributed by atoms with Crippen LogP contribution in [0.5, 0.6) is 0 Å². The molecule has 2 N–H and O–H groups in total. The van der Waals surface area contributed by atoms with Crippen LogP contribution in [0, 0.1) is 0 Å². The molecule has 4 aromatic carbocycles. The Morgan fingerprint density at radius 3 is 2.11 bits per heavy atom. The number of carbonyl (C=O) groups excluding carboxylic acids is 2. The molecule has 0 heterocycles. The van der Waals surface area contributed by atoms with Gasteiger partial charge in [0, 0.05) is 17.1 Å². The van der Waals surface area contributed by atoms with Crippen molar-refractivity contribution in [2.75, 3.05) is 11.9 Å². The number of nitrogens with one attached hydrogen (secondary N) is 2. The molecule has 0 unspecified atom stereocenters. The van der Waals surface area contributed by atoms with Gasteiger partial charge >= 0.3 is 0 Å². The summed E-state index contributed by atoms with van der Waals surface area (Å²) < 4.78 is 0. The van der Waals surface area contributed by atoms with Gasteiger partial charge in [0.15, 0.2) is 0 Å². The molecule has 0 saturated carbocycles. The van der Waals surface area contributed by atoms with E-state index in [1.54, 1.807) is 36.4 Å². The van der Waals surface area contributed by atoms with Gasteiger partial charge in [0.1, 0.15) is 0 Å². The number of rotatable bonds is 8. The zero-order chi connectivity index (χ0) is 24.5. The van der Waals surface area contributed by atoms with Crippen LogP contribution in [0.3, 0.4) is 0 Å². The molecule has 0 atom stereocenters. The van der Waals surface area contributed by atoms with Crippen molar-refractivity contribution in [2.45, 2.75) is 6.42 Å². The standard InChI is InChI=1S/C30H25ClN2O2/c31-27-17-9-7-15-24(27)21-26(23-13-5-2-6-14-23)30(35)33-28-18-10-8-16-25(28)29(34)32-20-19-22-11-3-1-4-12-22/h1-18,21H,19-20H2,(H,32,34)(H,33,35)/b26-21+. The van der Waals surface area contributed by atoms with Gasteiger partial charge in [0.05, 0.1) is 11.3 Å². The van der Waals surface area contributed by atoms with Crippen molar-refractivity contribution in [1.29, 1.82) is 0 Å². The first kappa shape index (κ1) is 24.0. The maximum absolute atomic E-state index is 13.4. The summed E-state index contributed by atoms with van der Waals surface area (Å²) in [6, 6.07) is 33.7. The van der Waals surface area contributed by atoms with E-state index in [0.717, 1.165) is 23.1 Å². The first-order chi connectivity index (χ1) is 17.1. The van der Waals surface area contributed by atoms with Crippen LogP contribution in [0.25, 0.3) is 11.6 Å². The minimum absolute atomic E-state index is 0.242. The molecule has 2 amide bonds. The zero-order valence-electron chi connectivity index (χ0n) is 19.1. The molecule has 0 fully saturated rings. The van der Waals surface area contributed by atoms with Crippen molar-refractivity contribution in [3.05, 3.63) is 136 Å². The van der Waals surface area contributed by atoms with Gasteiger partial charge < -0.3 is 10.6 Å². The molecule has 0 bridgehead atoms. The number of halogens is 1. The number of amides is 2. The first-order valence-corrected chi connectivity index (χ1v) is 11.7. The fourth-order valence-corrected chi connectivity index (χ4v) is 3.88. The average Bonchev–Trinajstić information content (AvgIpc) is 2.89. The van der Waals surface area contributed by atoms with Gasteiger partial charge in [-0.3, -0.25) is 9.59 Å². The number of carbonyl (C=O) groups is 2. The third kappa shape index (κ3) is 6.46. The van der Waals surface area contributed by atoms with Crippen LogP contribution in [0.2, 0.25) is 5.02 Å². The highest BCUT2D eigenvalue weighted by molar-refractivity contribution is 6.34. The number of hydrogen-bond donors (Lipinski definition) is 2. The topological polar surface area (TPSA) is 58.2 Å². The maximum atomic E-state index is 13.4. The van der Waals surface area contributed by atoms with Crippen molar-refractivity contribution in [3.63, 3.8) is 0 Å². The molecule has 0 radical (unpaired) electrons. The molecule has 0 aliphatic carbocycles. The fraction of sp³-hybridized carbons (Fsp3) is 0.0667. The quantitative estimate of drug-likeness (QED) is 0.223. The highest BCUT2D eigenvalue weighted by Gasteiger charge is 2.17. The Hall–Kier alpha value is -4.15. The minimum Gasteiger partial charge on any atom is -0.352 e. The molecular formula is C30H25ClN2O2. The van der Waals surface area contributed by atoms with Gasteiger partial charge in [-0.1, -0.05) is 103 Å². The molecule has 0 aliphatic heterocycles. The van der Waals surface area contributed by atoms with Gasteiger partial charge in [-0.05, 0) is 47.4 Å². The van der Waals surface area contributed by atoms with E-state index >= 15 is 0 Å². The van der Waals surface area contributed by atoms with E-state index in [1.807, 2.05) is 78.9 Å². The van der Waals surface area contributed by atoms with Gasteiger partial charge in [0.2, 0.25) is 0 Å². The Morgan fingerprint density at radius 1 is 0.743 bits per heavy atom. The summed E-state index contributed by atoms with van der Waals surface area (Å²) in [5.74, 6) is -0.575. The molecular weight excluding hydrogens is 456 g/mol. The van der Waals surface area contributed by atoms with E-state index in [0.29, 0.717) is 28.4 Å². The van der Waals surface area contributed by atoms with Crippen molar-refractivity contribution in [2.24, 2.45) is 0 Å². The number of benzene rings is 4. The van der Waals surface area contributed by atoms with E-state index in [2.05, 4.69) is 10.6 Å². The summed E-state index contributed by atoms with van der Waals surface area (Å²) in [5.41, 5.74) is 3.91. The normalized spacial score (nSPS) is 11.1. The average molecular weight is 481 g/mol. The lowest BCUT2D eigenvalue weighted by Crippen LogP contribution is -2.27. The summed E-state index contributed by atoms with van der Waals surface area (Å²) >= 11 is 6.35. The van der Waals surface area contributed by atoms with Crippen LogP contribution in [-0.4, -0.2) is 18.4 Å². The Morgan fingerprint density at radius 2 is 1.37 bits per heavy atom. The van der Waals surface area contributed by atoms with Crippen LogP contribution >= 0.6 is 11.6 Å². The van der Waals surface area contributed by atoms with Crippen molar-refractivity contribution >= 4 is 40.8 Å². The number of hydrogen-bond acceptors (Lipinski definition) is 2.